The summed E-state index contributed by atoms with van der Waals surface area (Å²) < 4.78 is 8.53. The van der Waals surface area contributed by atoms with Gasteiger partial charge in [-0.25, -0.2) is 0 Å². The summed E-state index contributed by atoms with van der Waals surface area (Å²) in [5.41, 5.74) is 0.596. The Morgan fingerprint density at radius 1 is 1.32 bits per heavy atom. The number of ether oxygens (including phenoxy) is 1. The lowest BCUT2D eigenvalue weighted by atomic mass is 10.2. The van der Waals surface area contributed by atoms with E-state index in [4.69, 9.17) is 4.74 Å². The van der Waals surface area contributed by atoms with E-state index in [1.54, 1.807) is 24.4 Å². The maximum Gasteiger partial charge on any atom is 0.319 e. The fraction of sp³-hybridized carbons (Fsp3) is 0.412. The summed E-state index contributed by atoms with van der Waals surface area (Å²) in [4.78, 5) is 24.5. The number of hydrogen-bond acceptors (Lipinski definition) is 6. The number of aryl methyl sites for hydroxylation is 1. The zero-order valence-corrected chi connectivity index (χ0v) is 15.2. The monoisotopic (exact) mass is 360 g/mol. The molecule has 0 aliphatic carbocycles. The second-order valence-corrected chi connectivity index (χ2v) is 7.09. The van der Waals surface area contributed by atoms with Crippen LogP contribution in [-0.4, -0.2) is 37.0 Å². The van der Waals surface area contributed by atoms with Crippen molar-refractivity contribution in [1.82, 2.24) is 19.2 Å². The molecule has 3 rings (SSSR count). The molecule has 0 aliphatic heterocycles. The van der Waals surface area contributed by atoms with Crippen molar-refractivity contribution in [2.75, 3.05) is 6.61 Å². The molecule has 8 heteroatoms. The first-order chi connectivity index (χ1) is 12.0. The summed E-state index contributed by atoms with van der Waals surface area (Å²) in [6, 6.07) is 7.30. The quantitative estimate of drug-likeness (QED) is 0.382. The second kappa shape index (κ2) is 7.26. The van der Waals surface area contributed by atoms with E-state index in [9.17, 15) is 9.59 Å². The molecule has 0 fully saturated rings. The molecule has 0 N–H and O–H groups in total. The van der Waals surface area contributed by atoms with Crippen molar-refractivity contribution < 1.29 is 9.53 Å². The molecule has 2 heterocycles. The number of benzene rings is 1. The van der Waals surface area contributed by atoms with Gasteiger partial charge in [0.2, 0.25) is 5.78 Å². The van der Waals surface area contributed by atoms with Gasteiger partial charge >= 0.3 is 5.97 Å². The van der Waals surface area contributed by atoms with Gasteiger partial charge in [0.05, 0.1) is 17.5 Å². The lowest BCUT2D eigenvalue weighted by molar-refractivity contribution is -0.142. The number of esters is 1. The van der Waals surface area contributed by atoms with Crippen LogP contribution in [0.25, 0.3) is 16.7 Å². The Balaban J connectivity index is 1.98. The number of nitrogens with zero attached hydrogens (tertiary/aromatic N) is 4. The molecule has 1 atom stereocenters. The molecule has 0 bridgehead atoms. The maximum atomic E-state index is 12.4. The van der Waals surface area contributed by atoms with E-state index in [0.717, 1.165) is 18.4 Å². The van der Waals surface area contributed by atoms with Gasteiger partial charge in [-0.15, -0.1) is 10.2 Å². The smallest absolute Gasteiger partial charge is 0.319 e. The van der Waals surface area contributed by atoms with E-state index in [1.165, 1.54) is 16.3 Å². The summed E-state index contributed by atoms with van der Waals surface area (Å²) in [5, 5.41) is 9.02. The van der Waals surface area contributed by atoms with Crippen molar-refractivity contribution in [1.29, 1.82) is 0 Å². The molecule has 0 saturated heterocycles. The number of carbonyl (C=O) groups is 1. The van der Waals surface area contributed by atoms with Crippen LogP contribution in [0.4, 0.5) is 0 Å². The average Bonchev–Trinajstić information content (AvgIpc) is 3.03. The van der Waals surface area contributed by atoms with Crippen molar-refractivity contribution in [2.24, 2.45) is 7.05 Å². The highest BCUT2D eigenvalue weighted by atomic mass is 32.2. The van der Waals surface area contributed by atoms with E-state index in [1.807, 2.05) is 25.1 Å². The highest BCUT2D eigenvalue weighted by Gasteiger charge is 2.21. The predicted octanol–water partition coefficient (Wildman–Crippen LogP) is 2.41. The summed E-state index contributed by atoms with van der Waals surface area (Å²) in [7, 11) is 1.66. The van der Waals surface area contributed by atoms with Crippen LogP contribution in [0.15, 0.2) is 34.2 Å². The van der Waals surface area contributed by atoms with Crippen molar-refractivity contribution in [3.05, 3.63) is 34.6 Å². The van der Waals surface area contributed by atoms with Crippen LogP contribution >= 0.6 is 11.8 Å². The van der Waals surface area contributed by atoms with Gasteiger partial charge in [-0.1, -0.05) is 37.2 Å². The first-order valence-electron chi connectivity index (χ1n) is 8.20. The molecule has 0 amide bonds. The maximum absolute atomic E-state index is 12.4. The van der Waals surface area contributed by atoms with Gasteiger partial charge in [0.25, 0.3) is 5.56 Å². The Morgan fingerprint density at radius 2 is 2.08 bits per heavy atom. The van der Waals surface area contributed by atoms with Crippen LogP contribution in [0.1, 0.15) is 26.7 Å². The highest BCUT2D eigenvalue weighted by molar-refractivity contribution is 8.00. The van der Waals surface area contributed by atoms with Crippen LogP contribution < -0.4 is 5.56 Å². The number of hydrogen-bond donors (Lipinski definition) is 0. The van der Waals surface area contributed by atoms with Gasteiger partial charge in [-0.3, -0.25) is 18.6 Å². The first kappa shape index (κ1) is 17.5. The lowest BCUT2D eigenvalue weighted by Crippen LogP contribution is -2.21. The Kier molecular flexibility index (Phi) is 5.08. The lowest BCUT2D eigenvalue weighted by Gasteiger charge is -2.11. The SMILES string of the molecule is CCCCOC(=O)C(C)Sc1nnc2n(C)c(=O)c3ccccc3n12. The first-order valence-corrected chi connectivity index (χ1v) is 9.08. The van der Waals surface area contributed by atoms with Crippen LogP contribution in [0.3, 0.4) is 0 Å². The van der Waals surface area contributed by atoms with E-state index in [0.29, 0.717) is 22.9 Å². The third-order valence-corrected chi connectivity index (χ3v) is 4.97. The Labute approximate surface area is 149 Å². The molecule has 7 nitrogen and oxygen atoms in total. The number of rotatable bonds is 6. The number of thioether (sulfide) groups is 1. The summed E-state index contributed by atoms with van der Waals surface area (Å²) in [6.07, 6.45) is 1.83. The molecule has 0 aliphatic rings. The van der Waals surface area contributed by atoms with Crippen molar-refractivity contribution >= 4 is 34.4 Å². The van der Waals surface area contributed by atoms with Crippen molar-refractivity contribution in [3.63, 3.8) is 0 Å². The summed E-state index contributed by atoms with van der Waals surface area (Å²) >= 11 is 1.27. The fourth-order valence-corrected chi connectivity index (χ4v) is 3.38. The number of aromatic nitrogens is 4. The van der Waals surface area contributed by atoms with Crippen LogP contribution in [0.5, 0.6) is 0 Å². The Hall–Kier alpha value is -2.35. The van der Waals surface area contributed by atoms with Gasteiger partial charge in [0.1, 0.15) is 5.25 Å². The molecule has 2 aromatic heterocycles. The molecule has 0 radical (unpaired) electrons. The molecule has 132 valence electrons. The average molecular weight is 360 g/mol. The molecule has 25 heavy (non-hydrogen) atoms. The zero-order valence-electron chi connectivity index (χ0n) is 14.4. The molecule has 1 unspecified atom stereocenters. The Bertz CT molecular complexity index is 979. The van der Waals surface area contributed by atoms with Crippen LogP contribution in [0, 0.1) is 0 Å². The van der Waals surface area contributed by atoms with Crippen LogP contribution in [-0.2, 0) is 16.6 Å². The minimum absolute atomic E-state index is 0.126. The molecule has 0 saturated carbocycles. The van der Waals surface area contributed by atoms with Crippen LogP contribution in [0.2, 0.25) is 0 Å². The van der Waals surface area contributed by atoms with Gasteiger partial charge in [0, 0.05) is 7.05 Å². The number of carbonyl (C=O) groups excluding carboxylic acids is 1. The third kappa shape index (κ3) is 3.26. The van der Waals surface area contributed by atoms with E-state index >= 15 is 0 Å². The summed E-state index contributed by atoms with van der Waals surface area (Å²) in [5.74, 6) is 0.169. The molecule has 0 spiro atoms. The summed E-state index contributed by atoms with van der Waals surface area (Å²) in [6.45, 7) is 4.26. The van der Waals surface area contributed by atoms with Gasteiger partial charge in [-0.2, -0.15) is 0 Å². The second-order valence-electron chi connectivity index (χ2n) is 5.78. The number of para-hydroxylation sites is 1. The van der Waals surface area contributed by atoms with E-state index < -0.39 is 5.25 Å². The van der Waals surface area contributed by atoms with Crippen molar-refractivity contribution in [3.8, 4) is 0 Å². The largest absolute Gasteiger partial charge is 0.465 e. The minimum Gasteiger partial charge on any atom is -0.465 e. The topological polar surface area (TPSA) is 78.5 Å². The molecular formula is C17H20N4O3S. The third-order valence-electron chi connectivity index (χ3n) is 3.95. The normalized spacial score (nSPS) is 12.6. The molecule has 1 aromatic carbocycles. The standard InChI is InChI=1S/C17H20N4O3S/c1-4-5-10-24-15(23)11(2)25-17-19-18-16-20(3)14(22)12-8-6-7-9-13(12)21(16)17/h6-9,11H,4-5,10H2,1-3H3. The highest BCUT2D eigenvalue weighted by Crippen LogP contribution is 2.25. The number of unbranched alkanes of at least 4 members (excludes halogenated alkanes) is 1. The predicted molar refractivity (Wildman–Crippen MR) is 96.9 cm³/mol. The minimum atomic E-state index is -0.416. The Morgan fingerprint density at radius 3 is 2.84 bits per heavy atom. The molecule has 3 aromatic rings. The van der Waals surface area contributed by atoms with Gasteiger partial charge in [-0.05, 0) is 25.5 Å². The molecular weight excluding hydrogens is 340 g/mol. The number of fused-ring (bicyclic) bond motifs is 3. The van der Waals surface area contributed by atoms with E-state index in [-0.39, 0.29) is 11.5 Å². The van der Waals surface area contributed by atoms with Gasteiger partial charge in [0.15, 0.2) is 5.16 Å². The zero-order chi connectivity index (χ0) is 18.0. The fourth-order valence-electron chi connectivity index (χ4n) is 2.53. The van der Waals surface area contributed by atoms with Gasteiger partial charge < -0.3 is 4.74 Å². The van der Waals surface area contributed by atoms with Crippen molar-refractivity contribution in [2.45, 2.75) is 37.1 Å². The van der Waals surface area contributed by atoms with E-state index in [2.05, 4.69) is 10.2 Å².